The van der Waals surface area contributed by atoms with E-state index in [1.54, 1.807) is 18.2 Å². The molecular weight excluding hydrogens is 389 g/mol. The molecule has 0 saturated carbocycles. The van der Waals surface area contributed by atoms with Crippen molar-refractivity contribution in [2.75, 3.05) is 5.75 Å². The van der Waals surface area contributed by atoms with E-state index in [4.69, 9.17) is 23.2 Å². The van der Waals surface area contributed by atoms with E-state index in [1.807, 2.05) is 37.3 Å². The van der Waals surface area contributed by atoms with Gasteiger partial charge in [-0.25, -0.2) is 5.43 Å². The summed E-state index contributed by atoms with van der Waals surface area (Å²) in [5.74, 6) is 0.0223. The Balaban J connectivity index is 1.64. The maximum atomic E-state index is 12.1. The molecule has 0 radical (unpaired) electrons. The van der Waals surface area contributed by atoms with Crippen LogP contribution < -0.4 is 5.43 Å². The van der Waals surface area contributed by atoms with Gasteiger partial charge in [0, 0.05) is 21.5 Å². The number of halogens is 2. The van der Waals surface area contributed by atoms with Crippen molar-refractivity contribution in [3.63, 3.8) is 0 Å². The van der Waals surface area contributed by atoms with E-state index in [0.29, 0.717) is 15.6 Å². The van der Waals surface area contributed by atoms with Crippen LogP contribution in [0.5, 0.6) is 0 Å². The number of amides is 1. The molecule has 0 bridgehead atoms. The first kappa shape index (κ1) is 18.7. The predicted octanol–water partition coefficient (Wildman–Crippen LogP) is 5.09. The molecule has 1 N–H and O–H groups in total. The van der Waals surface area contributed by atoms with E-state index in [1.165, 1.54) is 18.0 Å². The number of nitrogens with one attached hydrogen (secondary N) is 1. The molecule has 3 rings (SSSR count). The summed E-state index contributed by atoms with van der Waals surface area (Å²) in [5.41, 5.74) is 4.90. The summed E-state index contributed by atoms with van der Waals surface area (Å²) in [5, 5.41) is 5.92. The number of para-hydroxylation sites is 1. The van der Waals surface area contributed by atoms with Gasteiger partial charge in [-0.05, 0) is 31.2 Å². The quantitative estimate of drug-likeness (QED) is 0.366. The molecule has 0 atom stereocenters. The zero-order valence-corrected chi connectivity index (χ0v) is 16.2. The van der Waals surface area contributed by atoms with Crippen LogP contribution in [0.1, 0.15) is 11.3 Å². The van der Waals surface area contributed by atoms with Gasteiger partial charge in [0.05, 0.1) is 27.5 Å². The Bertz CT molecular complexity index is 971. The molecular formula is C19H15Cl2N3OS. The highest BCUT2D eigenvalue weighted by Crippen LogP contribution is 2.27. The van der Waals surface area contributed by atoms with E-state index in [9.17, 15) is 4.79 Å². The van der Waals surface area contributed by atoms with Crippen molar-refractivity contribution in [3.05, 3.63) is 69.8 Å². The standard InChI is InChI=1S/C19H15Cl2N3OS/c1-12-9-18(13-5-2-3-8-17(13)23-12)26-11-19(25)24-22-10-14-15(20)6-4-7-16(14)21/h2-10H,11H2,1H3,(H,24,25). The average Bonchev–Trinajstić information content (AvgIpc) is 2.62. The molecule has 3 aromatic rings. The third kappa shape index (κ3) is 4.55. The van der Waals surface area contributed by atoms with Crippen LogP contribution in [0.4, 0.5) is 0 Å². The highest BCUT2D eigenvalue weighted by atomic mass is 35.5. The number of aromatic nitrogens is 1. The topological polar surface area (TPSA) is 54.4 Å². The molecule has 132 valence electrons. The Morgan fingerprint density at radius 2 is 1.92 bits per heavy atom. The number of carbonyl (C=O) groups excluding carboxylic acids is 1. The van der Waals surface area contributed by atoms with Gasteiger partial charge in [0.15, 0.2) is 0 Å². The monoisotopic (exact) mass is 403 g/mol. The second-order valence-corrected chi connectivity index (χ2v) is 7.33. The Morgan fingerprint density at radius 1 is 1.19 bits per heavy atom. The molecule has 1 aromatic heterocycles. The molecule has 0 spiro atoms. The minimum absolute atomic E-state index is 0.215. The number of nitrogens with zero attached hydrogens (tertiary/aromatic N) is 2. The SMILES string of the molecule is Cc1cc(SCC(=O)NN=Cc2c(Cl)cccc2Cl)c2ccccc2n1. The smallest absolute Gasteiger partial charge is 0.250 e. The van der Waals surface area contributed by atoms with Gasteiger partial charge < -0.3 is 0 Å². The van der Waals surface area contributed by atoms with Crippen LogP contribution in [0.3, 0.4) is 0 Å². The second-order valence-electron chi connectivity index (χ2n) is 5.50. The second kappa shape index (κ2) is 8.54. The number of hydrogen-bond donors (Lipinski definition) is 1. The van der Waals surface area contributed by atoms with E-state index < -0.39 is 0 Å². The van der Waals surface area contributed by atoms with Crippen LogP contribution >= 0.6 is 35.0 Å². The molecule has 2 aromatic carbocycles. The van der Waals surface area contributed by atoms with Crippen LogP contribution in [-0.2, 0) is 4.79 Å². The summed E-state index contributed by atoms with van der Waals surface area (Å²) in [6, 6.07) is 15.0. The Labute approximate surface area is 165 Å². The maximum Gasteiger partial charge on any atom is 0.250 e. The van der Waals surface area contributed by atoms with Crippen molar-refractivity contribution in [1.29, 1.82) is 0 Å². The summed E-state index contributed by atoms with van der Waals surface area (Å²) < 4.78 is 0. The van der Waals surface area contributed by atoms with Crippen LogP contribution in [0.2, 0.25) is 10.0 Å². The number of rotatable bonds is 5. The molecule has 26 heavy (non-hydrogen) atoms. The first-order valence-electron chi connectivity index (χ1n) is 7.79. The summed E-state index contributed by atoms with van der Waals surface area (Å²) in [7, 11) is 0. The van der Waals surface area contributed by atoms with E-state index in [2.05, 4.69) is 15.5 Å². The molecule has 4 nitrogen and oxygen atoms in total. The Hall–Kier alpha value is -2.08. The van der Waals surface area contributed by atoms with Crippen LogP contribution in [-0.4, -0.2) is 22.9 Å². The summed E-state index contributed by atoms with van der Waals surface area (Å²) >= 11 is 13.6. The largest absolute Gasteiger partial charge is 0.272 e. The van der Waals surface area contributed by atoms with Crippen LogP contribution in [0, 0.1) is 6.92 Å². The highest BCUT2D eigenvalue weighted by molar-refractivity contribution is 8.00. The van der Waals surface area contributed by atoms with Crippen LogP contribution in [0.25, 0.3) is 10.9 Å². The molecule has 7 heteroatoms. The number of hydrazone groups is 1. The number of pyridine rings is 1. The zero-order valence-electron chi connectivity index (χ0n) is 13.9. The van der Waals surface area contributed by atoms with Gasteiger partial charge in [-0.1, -0.05) is 47.5 Å². The first-order valence-corrected chi connectivity index (χ1v) is 9.54. The maximum absolute atomic E-state index is 12.1. The Morgan fingerprint density at radius 3 is 2.69 bits per heavy atom. The number of benzene rings is 2. The lowest BCUT2D eigenvalue weighted by atomic mass is 10.2. The summed E-state index contributed by atoms with van der Waals surface area (Å²) in [6.45, 7) is 1.94. The molecule has 1 amide bonds. The number of carbonyl (C=O) groups is 1. The number of thioether (sulfide) groups is 1. The van der Waals surface area contributed by atoms with Crippen molar-refractivity contribution in [3.8, 4) is 0 Å². The van der Waals surface area contributed by atoms with Crippen molar-refractivity contribution < 1.29 is 4.79 Å². The number of fused-ring (bicyclic) bond motifs is 1. The predicted molar refractivity (Wildman–Crippen MR) is 109 cm³/mol. The third-order valence-corrected chi connectivity index (χ3v) is 5.26. The lowest BCUT2D eigenvalue weighted by Crippen LogP contribution is -2.19. The lowest BCUT2D eigenvalue weighted by molar-refractivity contribution is -0.118. The molecule has 0 fully saturated rings. The number of hydrogen-bond acceptors (Lipinski definition) is 4. The van der Waals surface area contributed by atoms with Crippen molar-refractivity contribution in [2.45, 2.75) is 11.8 Å². The van der Waals surface area contributed by atoms with Gasteiger partial charge in [-0.2, -0.15) is 5.10 Å². The summed E-state index contributed by atoms with van der Waals surface area (Å²) in [4.78, 5) is 17.6. The molecule has 0 aliphatic carbocycles. The van der Waals surface area contributed by atoms with Crippen LogP contribution in [0.15, 0.2) is 58.5 Å². The molecule has 0 saturated heterocycles. The van der Waals surface area contributed by atoms with Gasteiger partial charge in [0.1, 0.15) is 0 Å². The zero-order chi connectivity index (χ0) is 18.5. The van der Waals surface area contributed by atoms with Gasteiger partial charge in [-0.3, -0.25) is 9.78 Å². The first-order chi connectivity index (χ1) is 12.5. The van der Waals surface area contributed by atoms with E-state index in [0.717, 1.165) is 21.5 Å². The number of aryl methyl sites for hydroxylation is 1. The molecule has 0 aliphatic rings. The van der Waals surface area contributed by atoms with E-state index in [-0.39, 0.29) is 11.7 Å². The minimum atomic E-state index is -0.215. The minimum Gasteiger partial charge on any atom is -0.272 e. The Kier molecular flexibility index (Phi) is 6.14. The van der Waals surface area contributed by atoms with E-state index >= 15 is 0 Å². The fourth-order valence-electron chi connectivity index (χ4n) is 2.37. The molecule has 1 heterocycles. The fraction of sp³-hybridized carbons (Fsp3) is 0.105. The van der Waals surface area contributed by atoms with Crippen molar-refractivity contribution in [2.24, 2.45) is 5.10 Å². The third-order valence-electron chi connectivity index (χ3n) is 3.55. The highest BCUT2D eigenvalue weighted by Gasteiger charge is 2.08. The normalized spacial score (nSPS) is 11.2. The lowest BCUT2D eigenvalue weighted by Gasteiger charge is -2.07. The van der Waals surface area contributed by atoms with Gasteiger partial charge >= 0.3 is 0 Å². The molecule has 0 unspecified atom stereocenters. The summed E-state index contributed by atoms with van der Waals surface area (Å²) in [6.07, 6.45) is 1.44. The van der Waals surface area contributed by atoms with Crippen molar-refractivity contribution >= 4 is 58.0 Å². The van der Waals surface area contributed by atoms with Gasteiger partial charge in [-0.15, -0.1) is 11.8 Å². The average molecular weight is 404 g/mol. The van der Waals surface area contributed by atoms with Crippen molar-refractivity contribution in [1.82, 2.24) is 10.4 Å². The van der Waals surface area contributed by atoms with Gasteiger partial charge in [0.2, 0.25) is 5.91 Å². The fourth-order valence-corrected chi connectivity index (χ4v) is 3.80. The van der Waals surface area contributed by atoms with Gasteiger partial charge in [0.25, 0.3) is 0 Å². The molecule has 0 aliphatic heterocycles.